The summed E-state index contributed by atoms with van der Waals surface area (Å²) < 4.78 is 15.9. The van der Waals surface area contributed by atoms with Crippen LogP contribution in [0.3, 0.4) is 0 Å². The third-order valence-electron chi connectivity index (χ3n) is 5.96. The Kier molecular flexibility index (Phi) is 7.53. The SMILES string of the molecule is CCOC(=O)C1=C(COC(=O)C2CC(=O)N(c3cccc(OC)c3)C2)NC(=O)NC1c1ccccc1. The average molecular weight is 494 g/mol. The Labute approximate surface area is 208 Å². The zero-order valence-corrected chi connectivity index (χ0v) is 20.0. The van der Waals surface area contributed by atoms with Gasteiger partial charge in [0, 0.05) is 24.7 Å². The minimum Gasteiger partial charge on any atom is -0.497 e. The Hall–Kier alpha value is -4.34. The van der Waals surface area contributed by atoms with Crippen LogP contribution in [-0.4, -0.2) is 50.7 Å². The maximum Gasteiger partial charge on any atom is 0.338 e. The molecule has 36 heavy (non-hydrogen) atoms. The van der Waals surface area contributed by atoms with Crippen molar-refractivity contribution in [1.29, 1.82) is 0 Å². The Morgan fingerprint density at radius 3 is 2.56 bits per heavy atom. The molecule has 3 amide bonds. The molecule has 10 nitrogen and oxygen atoms in total. The number of carbonyl (C=O) groups is 4. The average Bonchev–Trinajstić information content (AvgIpc) is 3.29. The molecule has 0 radical (unpaired) electrons. The van der Waals surface area contributed by atoms with Gasteiger partial charge in [-0.1, -0.05) is 36.4 Å². The van der Waals surface area contributed by atoms with Gasteiger partial charge in [-0.25, -0.2) is 9.59 Å². The van der Waals surface area contributed by atoms with Crippen LogP contribution in [0.25, 0.3) is 0 Å². The first kappa shape index (κ1) is 24.8. The van der Waals surface area contributed by atoms with Gasteiger partial charge >= 0.3 is 18.0 Å². The number of amides is 3. The summed E-state index contributed by atoms with van der Waals surface area (Å²) in [6, 6.07) is 14.6. The lowest BCUT2D eigenvalue weighted by atomic mass is 9.95. The fourth-order valence-electron chi connectivity index (χ4n) is 4.23. The highest BCUT2D eigenvalue weighted by molar-refractivity contribution is 5.99. The molecule has 10 heteroatoms. The number of urea groups is 1. The summed E-state index contributed by atoms with van der Waals surface area (Å²) in [7, 11) is 1.53. The molecule has 4 rings (SSSR count). The number of methoxy groups -OCH3 is 1. The molecule has 0 saturated carbocycles. The summed E-state index contributed by atoms with van der Waals surface area (Å²) >= 11 is 0. The molecule has 2 unspecified atom stereocenters. The third-order valence-corrected chi connectivity index (χ3v) is 5.96. The predicted octanol–water partition coefficient (Wildman–Crippen LogP) is 2.46. The van der Waals surface area contributed by atoms with Crippen LogP contribution in [0.4, 0.5) is 10.5 Å². The van der Waals surface area contributed by atoms with Crippen molar-refractivity contribution in [3.63, 3.8) is 0 Å². The Morgan fingerprint density at radius 2 is 1.83 bits per heavy atom. The van der Waals surface area contributed by atoms with Crippen LogP contribution in [0.1, 0.15) is 24.9 Å². The lowest BCUT2D eigenvalue weighted by molar-refractivity contribution is -0.147. The number of rotatable bonds is 8. The monoisotopic (exact) mass is 493 g/mol. The number of nitrogens with one attached hydrogen (secondary N) is 2. The second kappa shape index (κ2) is 10.9. The third kappa shape index (κ3) is 5.32. The van der Waals surface area contributed by atoms with Gasteiger partial charge in [-0.05, 0) is 24.6 Å². The molecule has 2 atom stereocenters. The summed E-state index contributed by atoms with van der Waals surface area (Å²) in [5, 5.41) is 5.29. The van der Waals surface area contributed by atoms with Gasteiger partial charge in [0.25, 0.3) is 0 Å². The zero-order valence-electron chi connectivity index (χ0n) is 20.0. The second-order valence-corrected chi connectivity index (χ2v) is 8.27. The number of benzene rings is 2. The van der Waals surface area contributed by atoms with E-state index in [-0.39, 0.29) is 43.4 Å². The van der Waals surface area contributed by atoms with Crippen molar-refractivity contribution in [3.8, 4) is 5.75 Å². The Morgan fingerprint density at radius 1 is 1.06 bits per heavy atom. The van der Waals surface area contributed by atoms with Crippen molar-refractivity contribution in [2.75, 3.05) is 31.8 Å². The van der Waals surface area contributed by atoms with E-state index in [1.807, 2.05) is 6.07 Å². The van der Waals surface area contributed by atoms with Crippen LogP contribution in [0.2, 0.25) is 0 Å². The smallest absolute Gasteiger partial charge is 0.338 e. The molecule has 188 valence electrons. The summed E-state index contributed by atoms with van der Waals surface area (Å²) in [6.45, 7) is 1.60. The number of hydrogen-bond acceptors (Lipinski definition) is 7. The first-order valence-corrected chi connectivity index (χ1v) is 11.5. The van der Waals surface area contributed by atoms with Crippen molar-refractivity contribution in [2.45, 2.75) is 19.4 Å². The van der Waals surface area contributed by atoms with Gasteiger partial charge in [-0.15, -0.1) is 0 Å². The van der Waals surface area contributed by atoms with Crippen LogP contribution < -0.4 is 20.3 Å². The number of nitrogens with zero attached hydrogens (tertiary/aromatic N) is 1. The van der Waals surface area contributed by atoms with Gasteiger partial charge < -0.3 is 29.7 Å². The summed E-state index contributed by atoms with van der Waals surface area (Å²) in [6.07, 6.45) is -0.0135. The van der Waals surface area contributed by atoms with Gasteiger partial charge in [0.1, 0.15) is 12.4 Å². The molecule has 2 aliphatic heterocycles. The second-order valence-electron chi connectivity index (χ2n) is 8.27. The molecular formula is C26H27N3O7. The van der Waals surface area contributed by atoms with Crippen molar-refractivity contribution in [1.82, 2.24) is 10.6 Å². The minimum atomic E-state index is -0.774. The predicted molar refractivity (Wildman–Crippen MR) is 129 cm³/mol. The van der Waals surface area contributed by atoms with E-state index in [2.05, 4.69) is 10.6 Å². The molecule has 1 saturated heterocycles. The van der Waals surface area contributed by atoms with Crippen LogP contribution >= 0.6 is 0 Å². The van der Waals surface area contributed by atoms with Crippen LogP contribution in [0.5, 0.6) is 5.75 Å². The number of esters is 2. The number of hydrogen-bond donors (Lipinski definition) is 2. The van der Waals surface area contributed by atoms with E-state index in [4.69, 9.17) is 14.2 Å². The van der Waals surface area contributed by atoms with E-state index >= 15 is 0 Å². The highest BCUT2D eigenvalue weighted by Crippen LogP contribution is 2.30. The molecule has 2 heterocycles. The molecule has 2 aromatic carbocycles. The van der Waals surface area contributed by atoms with E-state index in [1.165, 1.54) is 12.0 Å². The first-order valence-electron chi connectivity index (χ1n) is 11.5. The first-order chi connectivity index (χ1) is 17.4. The number of anilines is 1. The summed E-state index contributed by atoms with van der Waals surface area (Å²) in [5.74, 6) is -1.55. The number of ether oxygens (including phenoxy) is 3. The molecule has 1 fully saturated rings. The quantitative estimate of drug-likeness (QED) is 0.542. The highest BCUT2D eigenvalue weighted by atomic mass is 16.5. The van der Waals surface area contributed by atoms with Gasteiger partial charge in [0.05, 0.1) is 36.9 Å². The maximum atomic E-state index is 12.9. The molecule has 2 aliphatic rings. The standard InChI is InChI=1S/C26H27N3O7/c1-3-35-25(32)22-20(27-26(33)28-23(22)16-8-5-4-6-9-16)15-36-24(31)17-12-21(30)29(14-17)18-10-7-11-19(13-18)34-2/h4-11,13,17,23H,3,12,14-15H2,1-2H3,(H2,27,28,33). The topological polar surface area (TPSA) is 123 Å². The fraction of sp³-hybridized carbons (Fsp3) is 0.308. The van der Waals surface area contributed by atoms with Gasteiger partial charge in [0.2, 0.25) is 5.91 Å². The largest absolute Gasteiger partial charge is 0.497 e. The summed E-state index contributed by atoms with van der Waals surface area (Å²) in [4.78, 5) is 52.2. The van der Waals surface area contributed by atoms with Crippen molar-refractivity contribution < 1.29 is 33.4 Å². The van der Waals surface area contributed by atoms with Crippen LogP contribution in [-0.2, 0) is 23.9 Å². The zero-order chi connectivity index (χ0) is 25.7. The van der Waals surface area contributed by atoms with Crippen molar-refractivity contribution in [2.24, 2.45) is 5.92 Å². The molecule has 0 aliphatic carbocycles. The molecule has 0 bridgehead atoms. The molecule has 2 aromatic rings. The van der Waals surface area contributed by atoms with E-state index in [9.17, 15) is 19.2 Å². The lowest BCUT2D eigenvalue weighted by Crippen LogP contribution is -2.47. The van der Waals surface area contributed by atoms with Crippen molar-refractivity contribution >= 4 is 29.6 Å². The lowest BCUT2D eigenvalue weighted by Gasteiger charge is -2.29. The summed E-state index contributed by atoms with van der Waals surface area (Å²) in [5.41, 5.74) is 1.58. The highest BCUT2D eigenvalue weighted by Gasteiger charge is 2.38. The van der Waals surface area contributed by atoms with E-state index in [0.717, 1.165) is 0 Å². The minimum absolute atomic E-state index is 0.0135. The van der Waals surface area contributed by atoms with E-state index in [1.54, 1.807) is 55.5 Å². The van der Waals surface area contributed by atoms with Crippen molar-refractivity contribution in [3.05, 3.63) is 71.4 Å². The maximum absolute atomic E-state index is 12.9. The van der Waals surface area contributed by atoms with Crippen LogP contribution in [0, 0.1) is 5.92 Å². The molecule has 0 aromatic heterocycles. The normalized spacial score (nSPS) is 19.4. The molecule has 2 N–H and O–H groups in total. The van der Waals surface area contributed by atoms with E-state index in [0.29, 0.717) is 17.0 Å². The molecular weight excluding hydrogens is 466 g/mol. The molecule has 0 spiro atoms. The van der Waals surface area contributed by atoms with E-state index < -0.39 is 29.9 Å². The van der Waals surface area contributed by atoms with Crippen LogP contribution in [0.15, 0.2) is 65.9 Å². The van der Waals surface area contributed by atoms with Gasteiger partial charge in [-0.3, -0.25) is 9.59 Å². The fourth-order valence-corrected chi connectivity index (χ4v) is 4.23. The van der Waals surface area contributed by atoms with Gasteiger partial charge in [0.15, 0.2) is 0 Å². The Balaban J connectivity index is 1.51. The van der Waals surface area contributed by atoms with Gasteiger partial charge in [-0.2, -0.15) is 0 Å². The Bertz CT molecular complexity index is 1200. The number of carbonyl (C=O) groups excluding carboxylic acids is 4.